The van der Waals surface area contributed by atoms with E-state index < -0.39 is 0 Å². The molecule has 0 aromatic carbocycles. The third-order valence-electron chi connectivity index (χ3n) is 4.22. The summed E-state index contributed by atoms with van der Waals surface area (Å²) in [6.07, 6.45) is 8.85. The molecule has 0 aromatic rings. The summed E-state index contributed by atoms with van der Waals surface area (Å²) in [5, 5.41) is 0. The monoisotopic (exact) mass is 224 g/mol. The first-order valence-corrected chi connectivity index (χ1v) is 7.24. The average Bonchev–Trinajstić information content (AvgIpc) is 2.31. The van der Waals surface area contributed by atoms with Crippen molar-refractivity contribution in [1.29, 1.82) is 0 Å². The highest BCUT2D eigenvalue weighted by Crippen LogP contribution is 2.36. The molecule has 0 fully saturated rings. The Labute approximate surface area is 104 Å². The third kappa shape index (κ3) is 4.72. The molecule has 0 saturated heterocycles. The molecule has 0 heteroatoms. The van der Waals surface area contributed by atoms with Crippen molar-refractivity contribution in [2.45, 2.75) is 66.7 Å². The summed E-state index contributed by atoms with van der Waals surface area (Å²) in [5.74, 6) is 3.27. The maximum atomic E-state index is 3.99. The summed E-state index contributed by atoms with van der Waals surface area (Å²) in [7, 11) is 0. The number of allylic oxidation sites excluding steroid dienone is 1. The molecule has 0 radical (unpaired) electrons. The molecule has 0 aliphatic heterocycles. The molecule has 0 nitrogen and oxygen atoms in total. The van der Waals surface area contributed by atoms with Crippen LogP contribution in [0.15, 0.2) is 12.7 Å². The van der Waals surface area contributed by atoms with Gasteiger partial charge >= 0.3 is 0 Å². The van der Waals surface area contributed by atoms with Gasteiger partial charge in [-0.2, -0.15) is 0 Å². The summed E-state index contributed by atoms with van der Waals surface area (Å²) in [6, 6.07) is 0. The number of hydrogen-bond donors (Lipinski definition) is 0. The van der Waals surface area contributed by atoms with Crippen LogP contribution < -0.4 is 0 Å². The molecule has 96 valence electrons. The van der Waals surface area contributed by atoms with Gasteiger partial charge < -0.3 is 0 Å². The van der Waals surface area contributed by atoms with Crippen LogP contribution in [-0.2, 0) is 0 Å². The van der Waals surface area contributed by atoms with Crippen molar-refractivity contribution in [2.75, 3.05) is 0 Å². The van der Waals surface area contributed by atoms with Gasteiger partial charge in [-0.25, -0.2) is 0 Å². The SMILES string of the molecule is C=CC(C)C(CCC)C(CCC)C(C)CC. The van der Waals surface area contributed by atoms with Crippen LogP contribution in [0.25, 0.3) is 0 Å². The lowest BCUT2D eigenvalue weighted by molar-refractivity contribution is 0.170. The van der Waals surface area contributed by atoms with E-state index in [1.165, 1.54) is 32.1 Å². The molecule has 16 heavy (non-hydrogen) atoms. The van der Waals surface area contributed by atoms with Crippen LogP contribution in [-0.4, -0.2) is 0 Å². The number of rotatable bonds is 9. The summed E-state index contributed by atoms with van der Waals surface area (Å²) >= 11 is 0. The lowest BCUT2D eigenvalue weighted by Gasteiger charge is -2.34. The van der Waals surface area contributed by atoms with Crippen molar-refractivity contribution < 1.29 is 0 Å². The average molecular weight is 224 g/mol. The zero-order chi connectivity index (χ0) is 12.6. The molecule has 0 spiro atoms. The number of hydrogen-bond acceptors (Lipinski definition) is 0. The van der Waals surface area contributed by atoms with E-state index in [9.17, 15) is 0 Å². The molecule has 0 aliphatic rings. The second-order valence-electron chi connectivity index (χ2n) is 5.39. The van der Waals surface area contributed by atoms with E-state index in [0.29, 0.717) is 5.92 Å². The molecule has 0 N–H and O–H groups in total. The highest BCUT2D eigenvalue weighted by Gasteiger charge is 2.27. The van der Waals surface area contributed by atoms with Crippen molar-refractivity contribution in [3.63, 3.8) is 0 Å². The Morgan fingerprint density at radius 1 is 0.938 bits per heavy atom. The molecule has 0 aliphatic carbocycles. The van der Waals surface area contributed by atoms with Gasteiger partial charge in [0.25, 0.3) is 0 Å². The van der Waals surface area contributed by atoms with E-state index in [0.717, 1.165) is 17.8 Å². The summed E-state index contributed by atoms with van der Waals surface area (Å²) in [5.41, 5.74) is 0. The standard InChI is InChI=1S/C16H32/c1-7-11-15(13(5)9-3)16(12-8-2)14(6)10-4/h9,13-16H,3,7-8,10-12H2,1-2,4-6H3. The van der Waals surface area contributed by atoms with Gasteiger partial charge in [0, 0.05) is 0 Å². The van der Waals surface area contributed by atoms with Gasteiger partial charge in [-0.1, -0.05) is 66.4 Å². The normalized spacial score (nSPS) is 18.8. The summed E-state index contributed by atoms with van der Waals surface area (Å²) < 4.78 is 0. The van der Waals surface area contributed by atoms with Crippen molar-refractivity contribution in [3.05, 3.63) is 12.7 Å². The zero-order valence-corrected chi connectivity index (χ0v) is 12.1. The fourth-order valence-electron chi connectivity index (χ4n) is 2.93. The molecule has 4 unspecified atom stereocenters. The fourth-order valence-corrected chi connectivity index (χ4v) is 2.93. The van der Waals surface area contributed by atoms with E-state index in [2.05, 4.69) is 47.3 Å². The molecule has 4 atom stereocenters. The quantitative estimate of drug-likeness (QED) is 0.441. The first kappa shape index (κ1) is 15.7. The van der Waals surface area contributed by atoms with Crippen LogP contribution in [0.4, 0.5) is 0 Å². The van der Waals surface area contributed by atoms with Gasteiger partial charge in [0.05, 0.1) is 0 Å². The molecule has 0 amide bonds. The van der Waals surface area contributed by atoms with Crippen molar-refractivity contribution in [1.82, 2.24) is 0 Å². The van der Waals surface area contributed by atoms with E-state index in [4.69, 9.17) is 0 Å². The topological polar surface area (TPSA) is 0 Å². The van der Waals surface area contributed by atoms with Crippen LogP contribution in [0.3, 0.4) is 0 Å². The van der Waals surface area contributed by atoms with E-state index in [1.807, 2.05) is 0 Å². The van der Waals surface area contributed by atoms with E-state index in [1.54, 1.807) is 0 Å². The van der Waals surface area contributed by atoms with Gasteiger partial charge in [0.15, 0.2) is 0 Å². The highest BCUT2D eigenvalue weighted by molar-refractivity contribution is 4.86. The van der Waals surface area contributed by atoms with Crippen LogP contribution in [0, 0.1) is 23.7 Å². The lowest BCUT2D eigenvalue weighted by atomic mass is 9.71. The van der Waals surface area contributed by atoms with E-state index in [-0.39, 0.29) is 0 Å². The molecule has 0 heterocycles. The second kappa shape index (κ2) is 8.84. The maximum absolute atomic E-state index is 3.99. The smallest absolute Gasteiger partial charge is 0.0234 e. The van der Waals surface area contributed by atoms with Crippen LogP contribution >= 0.6 is 0 Å². The van der Waals surface area contributed by atoms with E-state index >= 15 is 0 Å². The van der Waals surface area contributed by atoms with Crippen molar-refractivity contribution >= 4 is 0 Å². The minimum Gasteiger partial charge on any atom is -0.103 e. The largest absolute Gasteiger partial charge is 0.103 e. The van der Waals surface area contributed by atoms with Gasteiger partial charge in [-0.15, -0.1) is 6.58 Å². The van der Waals surface area contributed by atoms with Crippen molar-refractivity contribution in [3.8, 4) is 0 Å². The first-order chi connectivity index (χ1) is 7.62. The molecule has 0 rings (SSSR count). The second-order valence-corrected chi connectivity index (χ2v) is 5.39. The van der Waals surface area contributed by atoms with Crippen LogP contribution in [0.5, 0.6) is 0 Å². The Bertz CT molecular complexity index is 171. The molecule has 0 saturated carbocycles. The van der Waals surface area contributed by atoms with Gasteiger partial charge in [-0.05, 0) is 30.1 Å². The van der Waals surface area contributed by atoms with Gasteiger partial charge in [0.1, 0.15) is 0 Å². The van der Waals surface area contributed by atoms with Crippen molar-refractivity contribution in [2.24, 2.45) is 23.7 Å². The fraction of sp³-hybridized carbons (Fsp3) is 0.875. The lowest BCUT2D eigenvalue weighted by Crippen LogP contribution is -2.26. The predicted molar refractivity (Wildman–Crippen MR) is 75.6 cm³/mol. The van der Waals surface area contributed by atoms with Crippen LogP contribution in [0.1, 0.15) is 66.7 Å². The highest BCUT2D eigenvalue weighted by atomic mass is 14.3. The molecular weight excluding hydrogens is 192 g/mol. The van der Waals surface area contributed by atoms with Crippen LogP contribution in [0.2, 0.25) is 0 Å². The third-order valence-corrected chi connectivity index (χ3v) is 4.22. The zero-order valence-electron chi connectivity index (χ0n) is 12.1. The summed E-state index contributed by atoms with van der Waals surface area (Å²) in [4.78, 5) is 0. The predicted octanol–water partition coefficient (Wildman–Crippen LogP) is 5.69. The Balaban J connectivity index is 4.69. The Morgan fingerprint density at radius 3 is 1.81 bits per heavy atom. The van der Waals surface area contributed by atoms with Gasteiger partial charge in [-0.3, -0.25) is 0 Å². The van der Waals surface area contributed by atoms with Gasteiger partial charge in [0.2, 0.25) is 0 Å². The maximum Gasteiger partial charge on any atom is -0.0234 e. The minimum atomic E-state index is 0.672. The first-order valence-electron chi connectivity index (χ1n) is 7.24. The Hall–Kier alpha value is -0.260. The molecular formula is C16H32. The molecule has 0 bridgehead atoms. The summed E-state index contributed by atoms with van der Waals surface area (Å²) in [6.45, 7) is 15.7. The molecule has 0 aromatic heterocycles. The minimum absolute atomic E-state index is 0.672. The Morgan fingerprint density at radius 2 is 1.44 bits per heavy atom. The Kier molecular flexibility index (Phi) is 8.70.